The van der Waals surface area contributed by atoms with Crippen molar-refractivity contribution in [2.45, 2.75) is 32.4 Å². The summed E-state index contributed by atoms with van der Waals surface area (Å²) in [4.78, 5) is 33.0. The largest absolute Gasteiger partial charge is 0.479 e. The first-order chi connectivity index (χ1) is 8.15. The Kier molecular flexibility index (Phi) is 5.87. The van der Waals surface area contributed by atoms with Crippen LogP contribution in [0.1, 0.15) is 20.8 Å². The molecule has 0 saturated heterocycles. The molecule has 0 bridgehead atoms. The van der Waals surface area contributed by atoms with Crippen LogP contribution in [0.5, 0.6) is 0 Å². The van der Waals surface area contributed by atoms with Gasteiger partial charge in [-0.25, -0.2) is 14.4 Å². The van der Waals surface area contributed by atoms with Crippen LogP contribution in [-0.4, -0.2) is 41.9 Å². The highest BCUT2D eigenvalue weighted by atomic mass is 16.6. The predicted octanol–water partition coefficient (Wildman–Crippen LogP) is 0.694. The van der Waals surface area contributed by atoms with Crippen LogP contribution in [-0.2, 0) is 19.1 Å². The Bertz CT molecular complexity index is 355. The number of aliphatic carboxylic acids is 1. The Morgan fingerprint density at radius 1 is 1.28 bits per heavy atom. The number of methoxy groups -OCH3 is 1. The van der Waals surface area contributed by atoms with Crippen molar-refractivity contribution in [2.75, 3.05) is 7.11 Å². The zero-order chi connectivity index (χ0) is 14.3. The third kappa shape index (κ3) is 7.26. The van der Waals surface area contributed by atoms with Gasteiger partial charge < -0.3 is 19.9 Å². The van der Waals surface area contributed by atoms with Gasteiger partial charge in [0.25, 0.3) is 0 Å². The first-order valence-corrected chi connectivity index (χ1v) is 5.14. The Labute approximate surface area is 105 Å². The second kappa shape index (κ2) is 6.63. The standard InChI is InChI=1S/C11H17NO6/c1-11(2,3)18-10(16)12-7(9(14)15)5-6-8(13)17-4/h5-7H,1-4H3,(H,12,16)(H,14,15)/b6-5+. The third-order valence-electron chi connectivity index (χ3n) is 1.56. The number of carbonyl (C=O) groups excluding carboxylic acids is 2. The summed E-state index contributed by atoms with van der Waals surface area (Å²) in [6.45, 7) is 4.94. The molecule has 0 radical (unpaired) electrons. The minimum Gasteiger partial charge on any atom is -0.479 e. The molecule has 0 aromatic rings. The van der Waals surface area contributed by atoms with Gasteiger partial charge in [0.1, 0.15) is 11.6 Å². The fourth-order valence-corrected chi connectivity index (χ4v) is 0.870. The van der Waals surface area contributed by atoms with E-state index in [0.29, 0.717) is 0 Å². The zero-order valence-corrected chi connectivity index (χ0v) is 10.7. The number of carbonyl (C=O) groups is 3. The number of carboxylic acid groups (broad SMARTS) is 1. The van der Waals surface area contributed by atoms with Gasteiger partial charge in [-0.05, 0) is 26.8 Å². The average molecular weight is 259 g/mol. The summed E-state index contributed by atoms with van der Waals surface area (Å²) < 4.78 is 9.19. The van der Waals surface area contributed by atoms with Crippen molar-refractivity contribution >= 4 is 18.0 Å². The minimum atomic E-state index is -1.36. The highest BCUT2D eigenvalue weighted by Crippen LogP contribution is 2.06. The molecular weight excluding hydrogens is 242 g/mol. The van der Waals surface area contributed by atoms with E-state index < -0.39 is 29.7 Å². The van der Waals surface area contributed by atoms with Gasteiger partial charge in [0, 0.05) is 6.08 Å². The Morgan fingerprint density at radius 3 is 2.22 bits per heavy atom. The van der Waals surface area contributed by atoms with E-state index in [0.717, 1.165) is 19.3 Å². The Hall–Kier alpha value is -2.05. The van der Waals surface area contributed by atoms with E-state index in [2.05, 4.69) is 10.1 Å². The molecule has 1 unspecified atom stereocenters. The molecule has 18 heavy (non-hydrogen) atoms. The summed E-state index contributed by atoms with van der Waals surface area (Å²) in [5, 5.41) is 10.9. The van der Waals surface area contributed by atoms with E-state index >= 15 is 0 Å². The van der Waals surface area contributed by atoms with E-state index in [1.54, 1.807) is 20.8 Å². The normalized spacial score (nSPS) is 12.9. The number of alkyl carbamates (subject to hydrolysis) is 1. The van der Waals surface area contributed by atoms with Crippen LogP contribution < -0.4 is 5.32 Å². The van der Waals surface area contributed by atoms with Crippen LogP contribution in [0.2, 0.25) is 0 Å². The molecule has 2 N–H and O–H groups in total. The number of rotatable bonds is 4. The second-order valence-corrected chi connectivity index (χ2v) is 4.34. The van der Waals surface area contributed by atoms with Crippen molar-refractivity contribution in [3.8, 4) is 0 Å². The summed E-state index contributed by atoms with van der Waals surface area (Å²) in [6, 6.07) is -1.36. The second-order valence-electron chi connectivity index (χ2n) is 4.34. The first kappa shape index (κ1) is 16.0. The fourth-order valence-electron chi connectivity index (χ4n) is 0.870. The summed E-state index contributed by atoms with van der Waals surface area (Å²) >= 11 is 0. The lowest BCUT2D eigenvalue weighted by Crippen LogP contribution is -2.42. The van der Waals surface area contributed by atoms with Crippen molar-refractivity contribution in [1.82, 2.24) is 5.32 Å². The maximum atomic E-state index is 11.3. The topological polar surface area (TPSA) is 102 Å². The number of nitrogens with one attached hydrogen (secondary N) is 1. The molecule has 7 nitrogen and oxygen atoms in total. The van der Waals surface area contributed by atoms with E-state index in [1.165, 1.54) is 0 Å². The molecule has 0 rings (SSSR count). The van der Waals surface area contributed by atoms with Crippen molar-refractivity contribution in [2.24, 2.45) is 0 Å². The zero-order valence-electron chi connectivity index (χ0n) is 10.7. The van der Waals surface area contributed by atoms with Gasteiger partial charge in [0.2, 0.25) is 0 Å². The lowest BCUT2D eigenvalue weighted by atomic mass is 10.2. The molecule has 0 saturated carbocycles. The van der Waals surface area contributed by atoms with Crippen LogP contribution in [0.4, 0.5) is 4.79 Å². The molecule has 0 heterocycles. The van der Waals surface area contributed by atoms with Crippen molar-refractivity contribution in [3.05, 3.63) is 12.2 Å². The lowest BCUT2D eigenvalue weighted by Gasteiger charge is -2.20. The van der Waals surface area contributed by atoms with Crippen LogP contribution in [0, 0.1) is 0 Å². The van der Waals surface area contributed by atoms with Gasteiger partial charge in [-0.2, -0.15) is 0 Å². The molecule has 0 aromatic carbocycles. The van der Waals surface area contributed by atoms with Crippen LogP contribution >= 0.6 is 0 Å². The molecule has 0 aliphatic carbocycles. The third-order valence-corrected chi connectivity index (χ3v) is 1.56. The van der Waals surface area contributed by atoms with E-state index in [-0.39, 0.29) is 0 Å². The van der Waals surface area contributed by atoms with Crippen molar-refractivity contribution < 1.29 is 29.0 Å². The van der Waals surface area contributed by atoms with Crippen molar-refractivity contribution in [1.29, 1.82) is 0 Å². The van der Waals surface area contributed by atoms with Gasteiger partial charge in [0.05, 0.1) is 7.11 Å². The summed E-state index contributed by atoms with van der Waals surface area (Å²) in [5.74, 6) is -2.03. The maximum Gasteiger partial charge on any atom is 0.408 e. The number of ether oxygens (including phenoxy) is 2. The summed E-state index contributed by atoms with van der Waals surface area (Å²) in [7, 11) is 1.16. The average Bonchev–Trinajstić information content (AvgIpc) is 2.20. The van der Waals surface area contributed by atoms with Gasteiger partial charge in [0.15, 0.2) is 0 Å². The minimum absolute atomic E-state index is 0.716. The smallest absolute Gasteiger partial charge is 0.408 e. The van der Waals surface area contributed by atoms with E-state index in [1.807, 2.05) is 0 Å². The Morgan fingerprint density at radius 2 is 1.83 bits per heavy atom. The molecule has 0 spiro atoms. The number of esters is 1. The van der Waals surface area contributed by atoms with Gasteiger partial charge in [-0.1, -0.05) is 0 Å². The van der Waals surface area contributed by atoms with E-state index in [4.69, 9.17) is 9.84 Å². The maximum absolute atomic E-state index is 11.3. The van der Waals surface area contributed by atoms with Gasteiger partial charge >= 0.3 is 18.0 Å². The Balaban J connectivity index is 4.55. The molecule has 102 valence electrons. The van der Waals surface area contributed by atoms with Crippen LogP contribution in [0.25, 0.3) is 0 Å². The van der Waals surface area contributed by atoms with Gasteiger partial charge in [-0.3, -0.25) is 0 Å². The number of hydrogen-bond acceptors (Lipinski definition) is 5. The molecular formula is C11H17NO6. The molecule has 1 amide bonds. The summed E-state index contributed by atoms with van der Waals surface area (Å²) in [5.41, 5.74) is -0.737. The lowest BCUT2D eigenvalue weighted by molar-refractivity contribution is -0.138. The van der Waals surface area contributed by atoms with Crippen LogP contribution in [0.3, 0.4) is 0 Å². The van der Waals surface area contributed by atoms with Gasteiger partial charge in [-0.15, -0.1) is 0 Å². The number of amides is 1. The fraction of sp³-hybridized carbons (Fsp3) is 0.545. The monoisotopic (exact) mass is 259 g/mol. The predicted molar refractivity (Wildman–Crippen MR) is 61.9 cm³/mol. The molecule has 0 aliphatic heterocycles. The summed E-state index contributed by atoms with van der Waals surface area (Å²) in [6.07, 6.45) is 1.03. The molecule has 0 aromatic heterocycles. The van der Waals surface area contributed by atoms with E-state index in [9.17, 15) is 14.4 Å². The number of carboxylic acids is 1. The molecule has 0 aliphatic rings. The first-order valence-electron chi connectivity index (χ1n) is 5.14. The molecule has 1 atom stereocenters. The highest BCUT2D eigenvalue weighted by molar-refractivity contribution is 5.86. The molecule has 7 heteroatoms. The molecule has 0 fully saturated rings. The van der Waals surface area contributed by atoms with Crippen molar-refractivity contribution in [3.63, 3.8) is 0 Å². The highest BCUT2D eigenvalue weighted by Gasteiger charge is 2.22. The SMILES string of the molecule is COC(=O)/C=C/C(NC(=O)OC(C)(C)C)C(=O)O. The van der Waals surface area contributed by atoms with Crippen LogP contribution in [0.15, 0.2) is 12.2 Å². The number of hydrogen-bond donors (Lipinski definition) is 2. The quantitative estimate of drug-likeness (QED) is 0.569.